The quantitative estimate of drug-likeness (QED) is 0.421. The summed E-state index contributed by atoms with van der Waals surface area (Å²) >= 11 is 0. The number of hydrogen-bond donors (Lipinski definition) is 2. The fourth-order valence-corrected chi connectivity index (χ4v) is 4.60. The number of rotatable bonds is 7. The van der Waals surface area contributed by atoms with Gasteiger partial charge in [-0.3, -0.25) is 4.57 Å². The van der Waals surface area contributed by atoms with Crippen LogP contribution >= 0.6 is 0 Å². The molecule has 4 aromatic rings. The van der Waals surface area contributed by atoms with E-state index in [2.05, 4.69) is 21.8 Å². The van der Waals surface area contributed by atoms with Gasteiger partial charge in [-0.15, -0.1) is 0 Å². The zero-order chi connectivity index (χ0) is 24.3. The van der Waals surface area contributed by atoms with Crippen LogP contribution in [0.1, 0.15) is 29.6 Å². The Balaban J connectivity index is 1.38. The van der Waals surface area contributed by atoms with Crippen LogP contribution in [-0.4, -0.2) is 35.5 Å². The number of fused-ring (bicyclic) bond motifs is 1. The summed E-state index contributed by atoms with van der Waals surface area (Å²) in [6, 6.07) is 17.5. The van der Waals surface area contributed by atoms with E-state index >= 15 is 0 Å². The third kappa shape index (κ3) is 5.09. The number of aromatic nitrogens is 3. The summed E-state index contributed by atoms with van der Waals surface area (Å²) in [7, 11) is -3.91. The molecule has 34 heavy (non-hydrogen) atoms. The molecule has 0 bridgehead atoms. The summed E-state index contributed by atoms with van der Waals surface area (Å²) < 4.78 is 28.7. The number of amides is 2. The van der Waals surface area contributed by atoms with Gasteiger partial charge in [0.05, 0.1) is 4.90 Å². The number of nitrogens with one attached hydrogen (secondary N) is 2. The second-order valence-electron chi connectivity index (χ2n) is 8.10. The van der Waals surface area contributed by atoms with Gasteiger partial charge < -0.3 is 5.32 Å². The van der Waals surface area contributed by atoms with Crippen molar-refractivity contribution < 1.29 is 13.2 Å². The number of aryl methyl sites for hydroxylation is 3. The Kier molecular flexibility index (Phi) is 6.65. The van der Waals surface area contributed by atoms with Crippen molar-refractivity contribution >= 4 is 27.2 Å². The predicted octanol–water partition coefficient (Wildman–Crippen LogP) is 3.83. The van der Waals surface area contributed by atoms with Crippen molar-refractivity contribution in [3.05, 3.63) is 83.3 Å². The Morgan fingerprint density at radius 1 is 0.941 bits per heavy atom. The zero-order valence-electron chi connectivity index (χ0n) is 19.4. The summed E-state index contributed by atoms with van der Waals surface area (Å²) in [4.78, 5) is 21.5. The normalized spacial score (nSPS) is 11.5. The number of hydrogen-bond acceptors (Lipinski definition) is 5. The predicted molar refractivity (Wildman–Crippen MR) is 132 cm³/mol. The average Bonchev–Trinajstić information content (AvgIpc) is 3.17. The number of urea groups is 1. The van der Waals surface area contributed by atoms with Gasteiger partial charge in [0.15, 0.2) is 5.65 Å². The SMILES string of the molecule is CCc1nc2ccc(C)nc2n1-c1ccc(CCNC(=O)NS(=O)(=O)c2ccc(C)cc2)cc1. The fraction of sp³-hybridized carbons (Fsp3) is 0.240. The smallest absolute Gasteiger partial charge is 0.328 e. The Morgan fingerprint density at radius 3 is 2.32 bits per heavy atom. The van der Waals surface area contributed by atoms with Crippen LogP contribution in [0, 0.1) is 13.8 Å². The summed E-state index contributed by atoms with van der Waals surface area (Å²) in [6.07, 6.45) is 1.34. The van der Waals surface area contributed by atoms with E-state index in [4.69, 9.17) is 4.98 Å². The summed E-state index contributed by atoms with van der Waals surface area (Å²) in [6.45, 7) is 6.18. The first-order chi connectivity index (χ1) is 16.3. The molecule has 0 saturated carbocycles. The van der Waals surface area contributed by atoms with Gasteiger partial charge in [-0.1, -0.05) is 36.8 Å². The molecular formula is C25H27N5O3S. The van der Waals surface area contributed by atoms with Crippen LogP contribution in [-0.2, 0) is 22.9 Å². The van der Waals surface area contributed by atoms with Crippen molar-refractivity contribution in [3.63, 3.8) is 0 Å². The van der Waals surface area contributed by atoms with Gasteiger partial charge in [0.2, 0.25) is 0 Å². The van der Waals surface area contributed by atoms with Crippen molar-refractivity contribution in [2.24, 2.45) is 0 Å². The Labute approximate surface area is 199 Å². The van der Waals surface area contributed by atoms with Gasteiger partial charge in [0.1, 0.15) is 11.3 Å². The molecule has 2 amide bonds. The van der Waals surface area contributed by atoms with Crippen molar-refractivity contribution in [1.29, 1.82) is 0 Å². The molecule has 176 valence electrons. The van der Waals surface area contributed by atoms with Crippen LogP contribution in [0.2, 0.25) is 0 Å². The molecule has 0 atom stereocenters. The fourth-order valence-electron chi connectivity index (χ4n) is 3.67. The van der Waals surface area contributed by atoms with Crippen molar-refractivity contribution in [1.82, 2.24) is 24.6 Å². The van der Waals surface area contributed by atoms with Crippen LogP contribution < -0.4 is 10.0 Å². The molecule has 2 aromatic heterocycles. The van der Waals surface area contributed by atoms with E-state index in [1.54, 1.807) is 12.1 Å². The Morgan fingerprint density at radius 2 is 1.65 bits per heavy atom. The molecule has 0 fully saturated rings. The van der Waals surface area contributed by atoms with Gasteiger partial charge in [-0.25, -0.2) is 27.9 Å². The van der Waals surface area contributed by atoms with E-state index in [0.29, 0.717) is 13.0 Å². The lowest BCUT2D eigenvalue weighted by molar-refractivity contribution is 0.246. The third-order valence-electron chi connectivity index (χ3n) is 5.48. The number of imidazole rings is 1. The van der Waals surface area contributed by atoms with E-state index in [9.17, 15) is 13.2 Å². The van der Waals surface area contributed by atoms with Crippen molar-refractivity contribution in [2.75, 3.05) is 6.54 Å². The molecule has 4 rings (SSSR count). The molecule has 0 radical (unpaired) electrons. The highest BCUT2D eigenvalue weighted by Crippen LogP contribution is 2.21. The molecule has 8 nitrogen and oxygen atoms in total. The van der Waals surface area contributed by atoms with Crippen LogP contribution in [0.4, 0.5) is 4.79 Å². The molecule has 0 aliphatic heterocycles. The minimum absolute atomic E-state index is 0.0481. The highest BCUT2D eigenvalue weighted by molar-refractivity contribution is 7.90. The largest absolute Gasteiger partial charge is 0.337 e. The van der Waals surface area contributed by atoms with E-state index < -0.39 is 16.1 Å². The van der Waals surface area contributed by atoms with Gasteiger partial charge >= 0.3 is 6.03 Å². The standard InChI is InChI=1S/C25H27N5O3S/c1-4-23-28-22-14-7-18(3)27-24(22)30(23)20-10-8-19(9-11-20)15-16-26-25(31)29-34(32,33)21-12-5-17(2)6-13-21/h5-14H,4,15-16H2,1-3H3,(H2,26,29,31). The van der Waals surface area contributed by atoms with Crippen molar-refractivity contribution in [2.45, 2.75) is 38.5 Å². The Hall–Kier alpha value is -3.72. The molecular weight excluding hydrogens is 450 g/mol. The number of pyridine rings is 1. The number of carbonyl (C=O) groups is 1. The highest BCUT2D eigenvalue weighted by Gasteiger charge is 2.17. The van der Waals surface area contributed by atoms with Gasteiger partial charge in [-0.2, -0.15) is 0 Å². The van der Waals surface area contributed by atoms with Gasteiger partial charge in [-0.05, 0) is 62.2 Å². The molecule has 0 saturated heterocycles. The minimum Gasteiger partial charge on any atom is -0.337 e. The summed E-state index contributed by atoms with van der Waals surface area (Å²) in [5.41, 5.74) is 5.54. The lowest BCUT2D eigenvalue weighted by Crippen LogP contribution is -2.40. The molecule has 2 aromatic carbocycles. The molecule has 9 heteroatoms. The number of sulfonamides is 1. The van der Waals surface area contributed by atoms with Crippen LogP contribution in [0.5, 0.6) is 0 Å². The first kappa shape index (κ1) is 23.4. The Bertz CT molecular complexity index is 1430. The molecule has 2 heterocycles. The maximum absolute atomic E-state index is 12.3. The molecule has 0 aliphatic carbocycles. The van der Waals surface area contributed by atoms with E-state index in [1.165, 1.54) is 12.1 Å². The lowest BCUT2D eigenvalue weighted by atomic mass is 10.1. The van der Waals surface area contributed by atoms with Crippen LogP contribution in [0.15, 0.2) is 65.6 Å². The summed E-state index contributed by atoms with van der Waals surface area (Å²) in [5.74, 6) is 0.939. The second kappa shape index (κ2) is 9.64. The van der Waals surface area contributed by atoms with E-state index in [0.717, 1.165) is 45.9 Å². The van der Waals surface area contributed by atoms with Crippen molar-refractivity contribution in [3.8, 4) is 5.69 Å². The minimum atomic E-state index is -3.91. The van der Waals surface area contributed by atoms with Crippen LogP contribution in [0.3, 0.4) is 0 Å². The van der Waals surface area contributed by atoms with E-state index in [1.807, 2.05) is 55.0 Å². The number of benzene rings is 2. The summed E-state index contributed by atoms with van der Waals surface area (Å²) in [5, 5.41) is 2.60. The monoisotopic (exact) mass is 477 g/mol. The maximum Gasteiger partial charge on any atom is 0.328 e. The topological polar surface area (TPSA) is 106 Å². The average molecular weight is 478 g/mol. The molecule has 0 aliphatic rings. The molecule has 0 spiro atoms. The van der Waals surface area contributed by atoms with Gasteiger partial charge in [0, 0.05) is 24.3 Å². The third-order valence-corrected chi connectivity index (χ3v) is 6.83. The first-order valence-corrected chi connectivity index (χ1v) is 12.6. The lowest BCUT2D eigenvalue weighted by Gasteiger charge is -2.10. The van der Waals surface area contributed by atoms with Crippen LogP contribution in [0.25, 0.3) is 16.9 Å². The van der Waals surface area contributed by atoms with Gasteiger partial charge in [0.25, 0.3) is 10.0 Å². The number of carbonyl (C=O) groups excluding carboxylic acids is 1. The molecule has 0 unspecified atom stereocenters. The zero-order valence-corrected chi connectivity index (χ0v) is 20.2. The maximum atomic E-state index is 12.3. The number of nitrogens with zero attached hydrogens (tertiary/aromatic N) is 3. The first-order valence-electron chi connectivity index (χ1n) is 11.1. The van der Waals surface area contributed by atoms with E-state index in [-0.39, 0.29) is 4.90 Å². The highest BCUT2D eigenvalue weighted by atomic mass is 32.2. The second-order valence-corrected chi connectivity index (χ2v) is 9.79. The molecule has 2 N–H and O–H groups in total.